The molecular weight excluding hydrogens is 263 g/mol. The molecule has 0 spiro atoms. The van der Waals surface area contributed by atoms with E-state index >= 15 is 0 Å². The Morgan fingerprint density at radius 3 is 2.55 bits per heavy atom. The third kappa shape index (κ3) is 3.55. The van der Waals surface area contributed by atoms with E-state index in [-0.39, 0.29) is 18.1 Å². The molecule has 2 aromatic carbocycles. The van der Waals surface area contributed by atoms with E-state index < -0.39 is 11.8 Å². The van der Waals surface area contributed by atoms with E-state index in [9.17, 15) is 9.18 Å². The highest BCUT2D eigenvalue weighted by atomic mass is 19.1. The fourth-order valence-electron chi connectivity index (χ4n) is 1.66. The second-order valence-electron chi connectivity index (χ2n) is 4.02. The van der Waals surface area contributed by atoms with Crippen LogP contribution in [0.3, 0.4) is 0 Å². The normalized spacial score (nSPS) is 10.2. The van der Waals surface area contributed by atoms with Gasteiger partial charge in [0.2, 0.25) is 0 Å². The monoisotopic (exact) mass is 276 g/mol. The Bertz CT molecular complexity index is 584. The average Bonchev–Trinajstić information content (AvgIpc) is 2.45. The number of hydrogen-bond acceptors (Lipinski definition) is 3. The molecule has 0 amide bonds. The van der Waals surface area contributed by atoms with Crippen LogP contribution in [0.4, 0.5) is 4.39 Å². The Labute approximate surface area is 115 Å². The summed E-state index contributed by atoms with van der Waals surface area (Å²) >= 11 is 0. The standard InChI is InChI=1S/C15H13FO4/c16-13-8-4-7-12(15(17)18)14(13)20-10-19-9-11-5-2-1-3-6-11/h1-8H,9-10H2,(H,17,18). The highest BCUT2D eigenvalue weighted by Crippen LogP contribution is 2.22. The molecule has 0 unspecified atom stereocenters. The zero-order valence-corrected chi connectivity index (χ0v) is 10.6. The molecule has 0 aliphatic carbocycles. The van der Waals surface area contributed by atoms with Crippen molar-refractivity contribution in [2.24, 2.45) is 0 Å². The van der Waals surface area contributed by atoms with Crippen molar-refractivity contribution in [2.45, 2.75) is 6.61 Å². The lowest BCUT2D eigenvalue weighted by Gasteiger charge is -2.10. The van der Waals surface area contributed by atoms with Gasteiger partial charge in [-0.25, -0.2) is 9.18 Å². The maximum atomic E-state index is 13.5. The van der Waals surface area contributed by atoms with Crippen LogP contribution in [-0.2, 0) is 11.3 Å². The van der Waals surface area contributed by atoms with Crippen molar-refractivity contribution in [1.82, 2.24) is 0 Å². The number of ether oxygens (including phenoxy) is 2. The molecular formula is C15H13FO4. The Balaban J connectivity index is 1.93. The Morgan fingerprint density at radius 1 is 1.10 bits per heavy atom. The molecule has 5 heteroatoms. The summed E-state index contributed by atoms with van der Waals surface area (Å²) in [4.78, 5) is 10.9. The number of rotatable bonds is 6. The van der Waals surface area contributed by atoms with Crippen LogP contribution >= 0.6 is 0 Å². The van der Waals surface area contributed by atoms with Crippen LogP contribution in [0.1, 0.15) is 15.9 Å². The molecule has 2 aromatic rings. The van der Waals surface area contributed by atoms with Crippen molar-refractivity contribution in [3.05, 3.63) is 65.5 Å². The first-order valence-electron chi connectivity index (χ1n) is 5.95. The van der Waals surface area contributed by atoms with Crippen LogP contribution < -0.4 is 4.74 Å². The van der Waals surface area contributed by atoms with E-state index in [1.807, 2.05) is 30.3 Å². The minimum absolute atomic E-state index is 0.226. The molecule has 20 heavy (non-hydrogen) atoms. The van der Waals surface area contributed by atoms with Crippen molar-refractivity contribution in [3.8, 4) is 5.75 Å². The van der Waals surface area contributed by atoms with Gasteiger partial charge in [-0.2, -0.15) is 0 Å². The van der Waals surface area contributed by atoms with Crippen LogP contribution in [0.15, 0.2) is 48.5 Å². The van der Waals surface area contributed by atoms with Gasteiger partial charge in [-0.3, -0.25) is 0 Å². The lowest BCUT2D eigenvalue weighted by atomic mass is 10.2. The summed E-state index contributed by atoms with van der Waals surface area (Å²) in [6.45, 7) is 0.0772. The fraction of sp³-hybridized carbons (Fsp3) is 0.133. The number of benzene rings is 2. The van der Waals surface area contributed by atoms with Gasteiger partial charge >= 0.3 is 5.97 Å². The summed E-state index contributed by atoms with van der Waals surface area (Å²) in [5.41, 5.74) is 0.719. The summed E-state index contributed by atoms with van der Waals surface area (Å²) in [7, 11) is 0. The lowest BCUT2D eigenvalue weighted by molar-refractivity contribution is 0.00225. The molecule has 1 N–H and O–H groups in total. The summed E-state index contributed by atoms with van der Waals surface area (Å²) < 4.78 is 23.8. The highest BCUT2D eigenvalue weighted by Gasteiger charge is 2.15. The second kappa shape index (κ2) is 6.68. The third-order valence-electron chi connectivity index (χ3n) is 2.60. The molecule has 4 nitrogen and oxygen atoms in total. The van der Waals surface area contributed by atoms with E-state index in [1.165, 1.54) is 12.1 Å². The summed E-state index contributed by atoms with van der Waals surface area (Å²) in [6.07, 6.45) is 0. The molecule has 0 saturated heterocycles. The first-order valence-corrected chi connectivity index (χ1v) is 5.95. The SMILES string of the molecule is O=C(O)c1cccc(F)c1OCOCc1ccccc1. The van der Waals surface area contributed by atoms with E-state index in [4.69, 9.17) is 14.6 Å². The van der Waals surface area contributed by atoms with Crippen LogP contribution in [0, 0.1) is 5.82 Å². The minimum atomic E-state index is -1.25. The predicted octanol–water partition coefficient (Wildman–Crippen LogP) is 3.08. The zero-order valence-electron chi connectivity index (χ0n) is 10.6. The topological polar surface area (TPSA) is 55.8 Å². The second-order valence-corrected chi connectivity index (χ2v) is 4.02. The van der Waals surface area contributed by atoms with Gasteiger partial charge in [-0.05, 0) is 17.7 Å². The lowest BCUT2D eigenvalue weighted by Crippen LogP contribution is -2.08. The van der Waals surface area contributed by atoms with Crippen molar-refractivity contribution in [1.29, 1.82) is 0 Å². The summed E-state index contributed by atoms with van der Waals surface area (Å²) in [5.74, 6) is -2.29. The quantitative estimate of drug-likeness (QED) is 0.650. The van der Waals surface area contributed by atoms with Gasteiger partial charge in [-0.1, -0.05) is 36.4 Å². The molecule has 0 aliphatic heterocycles. The molecule has 0 heterocycles. The first-order chi connectivity index (χ1) is 9.68. The molecule has 0 radical (unpaired) electrons. The zero-order chi connectivity index (χ0) is 14.4. The predicted molar refractivity (Wildman–Crippen MR) is 70.1 cm³/mol. The van der Waals surface area contributed by atoms with Crippen molar-refractivity contribution in [3.63, 3.8) is 0 Å². The van der Waals surface area contributed by atoms with Crippen LogP contribution in [0.5, 0.6) is 5.75 Å². The van der Waals surface area contributed by atoms with Crippen molar-refractivity contribution < 1.29 is 23.8 Å². The number of carboxylic acids is 1. The summed E-state index contributed by atoms with van der Waals surface area (Å²) in [5, 5.41) is 8.94. The number of hydrogen-bond donors (Lipinski definition) is 1. The molecule has 104 valence electrons. The average molecular weight is 276 g/mol. The highest BCUT2D eigenvalue weighted by molar-refractivity contribution is 5.90. The van der Waals surface area contributed by atoms with E-state index in [0.29, 0.717) is 6.61 Å². The minimum Gasteiger partial charge on any atom is -0.478 e. The van der Waals surface area contributed by atoms with Gasteiger partial charge in [0.25, 0.3) is 0 Å². The van der Waals surface area contributed by atoms with E-state index in [2.05, 4.69) is 0 Å². The Morgan fingerprint density at radius 2 is 1.85 bits per heavy atom. The Hall–Kier alpha value is -2.40. The molecule has 0 atom stereocenters. The molecule has 2 rings (SSSR count). The molecule has 0 saturated carbocycles. The number of carboxylic acid groups (broad SMARTS) is 1. The van der Waals surface area contributed by atoms with Crippen LogP contribution in [0.25, 0.3) is 0 Å². The Kier molecular flexibility index (Phi) is 4.68. The molecule has 0 aliphatic rings. The smallest absolute Gasteiger partial charge is 0.339 e. The maximum absolute atomic E-state index is 13.5. The number of aromatic carboxylic acids is 1. The largest absolute Gasteiger partial charge is 0.478 e. The molecule has 0 bridgehead atoms. The maximum Gasteiger partial charge on any atom is 0.339 e. The van der Waals surface area contributed by atoms with Gasteiger partial charge < -0.3 is 14.6 Å². The first kappa shape index (κ1) is 14.0. The number of carbonyl (C=O) groups is 1. The molecule has 0 aromatic heterocycles. The van der Waals surface area contributed by atoms with Crippen molar-refractivity contribution >= 4 is 5.97 Å². The van der Waals surface area contributed by atoms with E-state index in [1.54, 1.807) is 0 Å². The van der Waals surface area contributed by atoms with Crippen LogP contribution in [0.2, 0.25) is 0 Å². The molecule has 0 fully saturated rings. The fourth-order valence-corrected chi connectivity index (χ4v) is 1.66. The van der Waals surface area contributed by atoms with Crippen LogP contribution in [-0.4, -0.2) is 17.9 Å². The number of para-hydroxylation sites is 1. The number of halogens is 1. The van der Waals surface area contributed by atoms with E-state index in [0.717, 1.165) is 11.6 Å². The van der Waals surface area contributed by atoms with Gasteiger partial charge in [0.1, 0.15) is 5.56 Å². The summed E-state index contributed by atoms with van der Waals surface area (Å²) in [6, 6.07) is 13.1. The van der Waals surface area contributed by atoms with Gasteiger partial charge in [-0.15, -0.1) is 0 Å². The van der Waals surface area contributed by atoms with Crippen molar-refractivity contribution in [2.75, 3.05) is 6.79 Å². The van der Waals surface area contributed by atoms with Gasteiger partial charge in [0.15, 0.2) is 18.4 Å². The van der Waals surface area contributed by atoms with Gasteiger partial charge in [0.05, 0.1) is 6.61 Å². The third-order valence-corrected chi connectivity index (χ3v) is 2.60. The van der Waals surface area contributed by atoms with Gasteiger partial charge in [0, 0.05) is 0 Å².